The summed E-state index contributed by atoms with van der Waals surface area (Å²) in [6, 6.07) is 12.7. The number of benzene rings is 2. The molecule has 5 nitrogen and oxygen atoms in total. The average Bonchev–Trinajstić information content (AvgIpc) is 2.60. The van der Waals surface area contributed by atoms with E-state index in [-0.39, 0.29) is 12.5 Å². The second kappa shape index (κ2) is 9.46. The quantitative estimate of drug-likeness (QED) is 0.702. The highest BCUT2D eigenvalue weighted by atomic mass is 35.5. The molecule has 0 bridgehead atoms. The molecule has 0 radical (unpaired) electrons. The number of carboxylic acid groups (broad SMARTS) is 1. The maximum absolute atomic E-state index is 11.4. The zero-order valence-electron chi connectivity index (χ0n) is 15.1. The Morgan fingerprint density at radius 3 is 2.31 bits per heavy atom. The second-order valence-corrected chi connectivity index (χ2v) is 6.55. The smallest absolute Gasteiger partial charge is 0.333 e. The lowest BCUT2D eigenvalue weighted by Crippen LogP contribution is -2.29. The Hall–Kier alpha value is -2.24. The van der Waals surface area contributed by atoms with E-state index < -0.39 is 12.1 Å². The molecular weight excluding hydrogens is 356 g/mol. The first-order chi connectivity index (χ1) is 12.4. The van der Waals surface area contributed by atoms with Crippen LogP contribution in [0.5, 0.6) is 11.5 Å². The van der Waals surface area contributed by atoms with E-state index in [1.54, 1.807) is 31.4 Å². The van der Waals surface area contributed by atoms with Crippen LogP contribution in [0, 0.1) is 0 Å². The summed E-state index contributed by atoms with van der Waals surface area (Å²) in [5, 5.41) is 10.0. The van der Waals surface area contributed by atoms with Crippen molar-refractivity contribution in [2.24, 2.45) is 0 Å². The fourth-order valence-electron chi connectivity index (χ4n) is 2.44. The summed E-state index contributed by atoms with van der Waals surface area (Å²) in [6.07, 6.45) is -0.836. The lowest BCUT2D eigenvalue weighted by atomic mass is 10.1. The van der Waals surface area contributed by atoms with Gasteiger partial charge >= 0.3 is 5.97 Å². The molecule has 2 aromatic carbocycles. The number of carbonyl (C=O) groups is 1. The molecule has 2 aromatic rings. The molecule has 0 aliphatic heterocycles. The topological polar surface area (TPSA) is 65.0 Å². The minimum atomic E-state index is -0.988. The molecule has 0 spiro atoms. The highest BCUT2D eigenvalue weighted by molar-refractivity contribution is 6.30. The van der Waals surface area contributed by atoms with Crippen LogP contribution in [0.2, 0.25) is 5.02 Å². The molecule has 0 saturated heterocycles. The summed E-state index contributed by atoms with van der Waals surface area (Å²) >= 11 is 5.89. The predicted molar refractivity (Wildman–Crippen MR) is 100 cm³/mol. The summed E-state index contributed by atoms with van der Waals surface area (Å²) in [4.78, 5) is 11.4. The number of halogens is 1. The van der Waals surface area contributed by atoms with Crippen molar-refractivity contribution in [2.45, 2.75) is 39.1 Å². The van der Waals surface area contributed by atoms with E-state index in [0.29, 0.717) is 23.1 Å². The van der Waals surface area contributed by atoms with E-state index in [2.05, 4.69) is 0 Å². The number of methoxy groups -OCH3 is 1. The summed E-state index contributed by atoms with van der Waals surface area (Å²) in [7, 11) is 1.56. The van der Waals surface area contributed by atoms with E-state index in [0.717, 1.165) is 11.1 Å². The molecule has 0 aliphatic carbocycles. The van der Waals surface area contributed by atoms with Crippen molar-refractivity contribution in [2.75, 3.05) is 7.11 Å². The lowest BCUT2D eigenvalue weighted by molar-refractivity contribution is -0.153. The van der Waals surface area contributed by atoms with Gasteiger partial charge in [-0.05, 0) is 49.2 Å². The summed E-state index contributed by atoms with van der Waals surface area (Å²) in [5.41, 5.74) is 1.76. The van der Waals surface area contributed by atoms with E-state index in [1.165, 1.54) is 0 Å². The van der Waals surface area contributed by atoms with Crippen molar-refractivity contribution in [3.63, 3.8) is 0 Å². The first kappa shape index (κ1) is 20.1. The number of hydrogen-bond donors (Lipinski definition) is 1. The van der Waals surface area contributed by atoms with Crippen molar-refractivity contribution in [1.82, 2.24) is 0 Å². The standard InChI is InChI=1S/C20H23ClO5/c1-13(2)26-19(20(22)23)11-15-6-9-17(24-3)18(10-15)25-12-14-4-7-16(21)8-5-14/h4-10,13,19H,11-12H2,1-3H3,(H,22,23). The number of aliphatic carboxylic acids is 1. The van der Waals surface area contributed by atoms with E-state index >= 15 is 0 Å². The van der Waals surface area contributed by atoms with Gasteiger partial charge in [0.05, 0.1) is 13.2 Å². The van der Waals surface area contributed by atoms with Crippen molar-refractivity contribution < 1.29 is 24.1 Å². The normalized spacial score (nSPS) is 12.0. The molecule has 0 fully saturated rings. The molecule has 0 aliphatic rings. The molecule has 0 aromatic heterocycles. The summed E-state index contributed by atoms with van der Waals surface area (Å²) in [6.45, 7) is 3.97. The monoisotopic (exact) mass is 378 g/mol. The minimum Gasteiger partial charge on any atom is -0.493 e. The maximum Gasteiger partial charge on any atom is 0.333 e. The van der Waals surface area contributed by atoms with Gasteiger partial charge < -0.3 is 19.3 Å². The van der Waals surface area contributed by atoms with Gasteiger partial charge in [-0.25, -0.2) is 4.79 Å². The van der Waals surface area contributed by atoms with Gasteiger partial charge in [-0.15, -0.1) is 0 Å². The van der Waals surface area contributed by atoms with Gasteiger partial charge in [-0.3, -0.25) is 0 Å². The number of carboxylic acids is 1. The highest BCUT2D eigenvalue weighted by Gasteiger charge is 2.21. The lowest BCUT2D eigenvalue weighted by Gasteiger charge is -2.18. The van der Waals surface area contributed by atoms with Crippen LogP contribution in [-0.4, -0.2) is 30.4 Å². The highest BCUT2D eigenvalue weighted by Crippen LogP contribution is 2.29. The molecule has 0 saturated carbocycles. The van der Waals surface area contributed by atoms with Gasteiger partial charge in [0.15, 0.2) is 17.6 Å². The zero-order valence-corrected chi connectivity index (χ0v) is 15.8. The Morgan fingerprint density at radius 2 is 1.73 bits per heavy atom. The van der Waals surface area contributed by atoms with Crippen LogP contribution in [0.3, 0.4) is 0 Å². The van der Waals surface area contributed by atoms with E-state index in [4.69, 9.17) is 25.8 Å². The van der Waals surface area contributed by atoms with Gasteiger partial charge in [-0.2, -0.15) is 0 Å². The van der Waals surface area contributed by atoms with Gasteiger partial charge in [0.25, 0.3) is 0 Å². The third-order valence-corrected chi connectivity index (χ3v) is 3.92. The van der Waals surface area contributed by atoms with E-state index in [9.17, 15) is 9.90 Å². The van der Waals surface area contributed by atoms with Crippen LogP contribution in [0.25, 0.3) is 0 Å². The fraction of sp³-hybridized carbons (Fsp3) is 0.350. The van der Waals surface area contributed by atoms with Crippen molar-refractivity contribution in [3.05, 3.63) is 58.6 Å². The number of rotatable bonds is 9. The van der Waals surface area contributed by atoms with Crippen LogP contribution >= 0.6 is 11.6 Å². The fourth-order valence-corrected chi connectivity index (χ4v) is 2.56. The maximum atomic E-state index is 11.4. The Morgan fingerprint density at radius 1 is 1.08 bits per heavy atom. The van der Waals surface area contributed by atoms with Crippen LogP contribution < -0.4 is 9.47 Å². The third kappa shape index (κ3) is 5.93. The summed E-state index contributed by atoms with van der Waals surface area (Å²) < 4.78 is 16.7. The largest absolute Gasteiger partial charge is 0.493 e. The zero-order chi connectivity index (χ0) is 19.1. The average molecular weight is 379 g/mol. The Bertz CT molecular complexity index is 727. The van der Waals surface area contributed by atoms with Gasteiger partial charge in [0.2, 0.25) is 0 Å². The Balaban J connectivity index is 2.13. The third-order valence-electron chi connectivity index (χ3n) is 3.67. The first-order valence-electron chi connectivity index (χ1n) is 8.31. The molecule has 2 rings (SSSR count). The Labute approximate surface area is 158 Å². The molecule has 1 atom stereocenters. The van der Waals surface area contributed by atoms with Gasteiger partial charge in [0.1, 0.15) is 6.61 Å². The second-order valence-electron chi connectivity index (χ2n) is 6.12. The number of ether oxygens (including phenoxy) is 3. The number of hydrogen-bond acceptors (Lipinski definition) is 4. The van der Waals surface area contributed by atoms with Crippen LogP contribution in [0.1, 0.15) is 25.0 Å². The molecule has 1 N–H and O–H groups in total. The Kier molecular flexibility index (Phi) is 7.30. The predicted octanol–water partition coefficient (Wildman–Crippen LogP) is 4.35. The molecular formula is C20H23ClO5. The SMILES string of the molecule is COc1ccc(CC(OC(C)C)C(=O)O)cc1OCc1ccc(Cl)cc1. The molecule has 6 heteroatoms. The molecule has 26 heavy (non-hydrogen) atoms. The minimum absolute atomic E-state index is 0.171. The molecule has 140 valence electrons. The van der Waals surface area contributed by atoms with Gasteiger partial charge in [-0.1, -0.05) is 29.8 Å². The first-order valence-corrected chi connectivity index (χ1v) is 8.69. The van der Waals surface area contributed by atoms with Crippen LogP contribution in [-0.2, 0) is 22.6 Å². The summed E-state index contributed by atoms with van der Waals surface area (Å²) in [5.74, 6) is 0.145. The van der Waals surface area contributed by atoms with Crippen LogP contribution in [0.4, 0.5) is 0 Å². The van der Waals surface area contributed by atoms with Crippen molar-refractivity contribution in [1.29, 1.82) is 0 Å². The molecule has 0 amide bonds. The van der Waals surface area contributed by atoms with Crippen molar-refractivity contribution >= 4 is 17.6 Å². The van der Waals surface area contributed by atoms with E-state index in [1.807, 2.05) is 32.0 Å². The molecule has 1 unspecified atom stereocenters. The van der Waals surface area contributed by atoms with Crippen LogP contribution in [0.15, 0.2) is 42.5 Å². The van der Waals surface area contributed by atoms with Gasteiger partial charge in [0, 0.05) is 11.4 Å². The van der Waals surface area contributed by atoms with Crippen molar-refractivity contribution in [3.8, 4) is 11.5 Å². The molecule has 0 heterocycles.